The molecule has 1 heterocycles. The second-order valence-electron chi connectivity index (χ2n) is 5.55. The van der Waals surface area contributed by atoms with Crippen LogP contribution in [-0.2, 0) is 0 Å². The maximum atomic E-state index is 12.3. The predicted octanol–water partition coefficient (Wildman–Crippen LogP) is 5.24. The molecule has 3 aromatic rings. The predicted molar refractivity (Wildman–Crippen MR) is 109 cm³/mol. The largest absolute Gasteiger partial charge is 0.493 e. The van der Waals surface area contributed by atoms with Gasteiger partial charge in [-0.15, -0.1) is 0 Å². The molecular weight excluding hydrogens is 445 g/mol. The summed E-state index contributed by atoms with van der Waals surface area (Å²) in [5.74, 6) is 2.35. The van der Waals surface area contributed by atoms with Gasteiger partial charge in [0.15, 0.2) is 17.3 Å². The molecule has 6 heteroatoms. The number of hydrogen-bond acceptors (Lipinski definition) is 5. The lowest BCUT2D eigenvalue weighted by Crippen LogP contribution is -2.01. The van der Waals surface area contributed by atoms with E-state index in [-0.39, 0.29) is 5.78 Å². The molecule has 0 aliphatic heterocycles. The fraction of sp³-hybridized carbons (Fsp3) is 0.200. The number of halogens is 1. The van der Waals surface area contributed by atoms with Gasteiger partial charge < -0.3 is 14.2 Å². The molecule has 134 valence electrons. The molecule has 1 aromatic heterocycles. The third kappa shape index (κ3) is 3.60. The highest BCUT2D eigenvalue weighted by molar-refractivity contribution is 14.1. The fourth-order valence-corrected chi connectivity index (χ4v) is 3.15. The average molecular weight is 463 g/mol. The van der Waals surface area contributed by atoms with Gasteiger partial charge >= 0.3 is 0 Å². The molecule has 0 N–H and O–H groups in total. The molecule has 0 fully saturated rings. The number of hydrogen-bond donors (Lipinski definition) is 0. The Morgan fingerprint density at radius 2 is 1.73 bits per heavy atom. The first kappa shape index (κ1) is 18.4. The number of carbonyl (C=O) groups excluding carboxylic acids is 1. The van der Waals surface area contributed by atoms with Gasteiger partial charge in [0.1, 0.15) is 11.5 Å². The zero-order valence-corrected chi connectivity index (χ0v) is 16.9. The van der Waals surface area contributed by atoms with Crippen LogP contribution < -0.4 is 14.2 Å². The van der Waals surface area contributed by atoms with E-state index in [1.165, 1.54) is 0 Å². The van der Waals surface area contributed by atoms with Gasteiger partial charge in [-0.05, 0) is 52.9 Å². The summed E-state index contributed by atoms with van der Waals surface area (Å²) in [6, 6.07) is 11.0. The zero-order chi connectivity index (χ0) is 18.7. The number of fused-ring (bicyclic) bond motifs is 1. The van der Waals surface area contributed by atoms with E-state index >= 15 is 0 Å². The molecule has 0 spiro atoms. The number of aromatic nitrogens is 1. The summed E-state index contributed by atoms with van der Waals surface area (Å²) in [5.41, 5.74) is 1.29. The van der Waals surface area contributed by atoms with Crippen molar-refractivity contribution in [3.8, 4) is 23.0 Å². The zero-order valence-electron chi connectivity index (χ0n) is 14.7. The number of Topliss-reactive ketones (excluding diaryl/α,β-unsaturated/α-hetero) is 1. The van der Waals surface area contributed by atoms with Crippen LogP contribution >= 0.6 is 22.6 Å². The number of pyridine rings is 1. The van der Waals surface area contributed by atoms with Gasteiger partial charge in [0.05, 0.1) is 25.3 Å². The molecule has 0 amide bonds. The van der Waals surface area contributed by atoms with E-state index in [1.54, 1.807) is 32.5 Å². The smallest absolute Gasteiger partial charge is 0.166 e. The molecule has 0 aliphatic rings. The molecule has 26 heavy (non-hydrogen) atoms. The fourth-order valence-electron chi connectivity index (χ4n) is 2.65. The first-order valence-electron chi connectivity index (χ1n) is 8.08. The van der Waals surface area contributed by atoms with Gasteiger partial charge in [-0.1, -0.05) is 6.92 Å². The Morgan fingerprint density at radius 3 is 2.42 bits per heavy atom. The first-order chi connectivity index (χ1) is 12.6. The van der Waals surface area contributed by atoms with Crippen molar-refractivity contribution in [1.29, 1.82) is 0 Å². The van der Waals surface area contributed by atoms with Crippen molar-refractivity contribution in [2.75, 3.05) is 14.2 Å². The van der Waals surface area contributed by atoms with E-state index < -0.39 is 0 Å². The van der Waals surface area contributed by atoms with Crippen molar-refractivity contribution in [1.82, 2.24) is 4.98 Å². The first-order valence-corrected chi connectivity index (χ1v) is 9.16. The van der Waals surface area contributed by atoms with E-state index in [1.807, 2.05) is 31.2 Å². The van der Waals surface area contributed by atoms with Gasteiger partial charge in [-0.3, -0.25) is 9.78 Å². The Labute approximate surface area is 165 Å². The van der Waals surface area contributed by atoms with Crippen LogP contribution in [0.15, 0.2) is 42.6 Å². The molecule has 0 saturated carbocycles. The summed E-state index contributed by atoms with van der Waals surface area (Å²) in [5, 5.41) is 0.776. The Morgan fingerprint density at radius 1 is 1.00 bits per heavy atom. The van der Waals surface area contributed by atoms with Gasteiger partial charge in [0.25, 0.3) is 0 Å². The molecule has 0 bridgehead atoms. The van der Waals surface area contributed by atoms with Crippen LogP contribution in [0.2, 0.25) is 0 Å². The summed E-state index contributed by atoms with van der Waals surface area (Å²) in [6.07, 6.45) is 2.08. The third-order valence-corrected chi connectivity index (χ3v) is 4.66. The Hall–Kier alpha value is -2.35. The number of benzene rings is 2. The number of nitrogens with zero attached hydrogens (tertiary/aromatic N) is 1. The molecule has 3 rings (SSSR count). The lowest BCUT2D eigenvalue weighted by Gasteiger charge is -2.14. The van der Waals surface area contributed by atoms with Crippen LogP contribution in [-0.4, -0.2) is 25.0 Å². The Bertz CT molecular complexity index is 971. The van der Waals surface area contributed by atoms with E-state index in [0.29, 0.717) is 40.5 Å². The standard InChI is InChI=1S/C20H18INO4/c1-4-16(23)14-9-12(21)5-6-17(14)26-18-7-8-22-15-11-20(25-3)19(24-2)10-13(15)18/h5-11H,4H2,1-3H3. The highest BCUT2D eigenvalue weighted by atomic mass is 127. The van der Waals surface area contributed by atoms with Crippen molar-refractivity contribution in [3.63, 3.8) is 0 Å². The minimum absolute atomic E-state index is 0.0381. The van der Waals surface area contributed by atoms with Gasteiger partial charge in [-0.2, -0.15) is 0 Å². The van der Waals surface area contributed by atoms with Crippen molar-refractivity contribution in [2.45, 2.75) is 13.3 Å². The number of carbonyl (C=O) groups is 1. The molecule has 0 aliphatic carbocycles. The van der Waals surface area contributed by atoms with E-state index in [2.05, 4.69) is 27.6 Å². The van der Waals surface area contributed by atoms with Crippen LogP contribution in [0, 0.1) is 3.57 Å². The monoisotopic (exact) mass is 463 g/mol. The number of ketones is 1. The molecule has 0 unspecified atom stereocenters. The van der Waals surface area contributed by atoms with Gasteiger partial charge in [0, 0.05) is 27.6 Å². The van der Waals surface area contributed by atoms with Crippen LogP contribution in [0.1, 0.15) is 23.7 Å². The minimum Gasteiger partial charge on any atom is -0.493 e. The molecule has 0 saturated heterocycles. The SMILES string of the molecule is CCC(=O)c1cc(I)ccc1Oc1ccnc2cc(OC)c(OC)cc12. The van der Waals surface area contributed by atoms with Crippen molar-refractivity contribution in [3.05, 3.63) is 51.7 Å². The van der Waals surface area contributed by atoms with Gasteiger partial charge in [0.2, 0.25) is 0 Å². The van der Waals surface area contributed by atoms with Crippen LogP contribution in [0.5, 0.6) is 23.0 Å². The highest BCUT2D eigenvalue weighted by Gasteiger charge is 2.15. The quantitative estimate of drug-likeness (QED) is 0.370. The summed E-state index contributed by atoms with van der Waals surface area (Å²) in [7, 11) is 3.16. The number of methoxy groups -OCH3 is 2. The summed E-state index contributed by atoms with van der Waals surface area (Å²) in [6.45, 7) is 1.84. The molecule has 0 atom stereocenters. The van der Waals surface area contributed by atoms with Crippen LogP contribution in [0.3, 0.4) is 0 Å². The second kappa shape index (κ2) is 7.90. The lowest BCUT2D eigenvalue weighted by atomic mass is 10.1. The van der Waals surface area contributed by atoms with E-state index in [0.717, 1.165) is 8.96 Å². The highest BCUT2D eigenvalue weighted by Crippen LogP contribution is 2.37. The molecular formula is C20H18INO4. The maximum absolute atomic E-state index is 12.3. The summed E-state index contributed by atoms with van der Waals surface area (Å²) in [4.78, 5) is 16.7. The van der Waals surface area contributed by atoms with Crippen molar-refractivity contribution >= 4 is 39.3 Å². The number of rotatable bonds is 6. The van der Waals surface area contributed by atoms with Gasteiger partial charge in [-0.25, -0.2) is 0 Å². The normalized spacial score (nSPS) is 10.6. The van der Waals surface area contributed by atoms with E-state index in [4.69, 9.17) is 14.2 Å². The van der Waals surface area contributed by atoms with Crippen molar-refractivity contribution < 1.29 is 19.0 Å². The molecule has 0 radical (unpaired) electrons. The van der Waals surface area contributed by atoms with E-state index in [9.17, 15) is 4.79 Å². The topological polar surface area (TPSA) is 57.7 Å². The minimum atomic E-state index is 0.0381. The Kier molecular flexibility index (Phi) is 5.61. The third-order valence-electron chi connectivity index (χ3n) is 3.99. The summed E-state index contributed by atoms with van der Waals surface area (Å²) >= 11 is 2.19. The van der Waals surface area contributed by atoms with Crippen LogP contribution in [0.4, 0.5) is 0 Å². The molecule has 5 nitrogen and oxygen atoms in total. The average Bonchev–Trinajstić information content (AvgIpc) is 2.67. The maximum Gasteiger partial charge on any atom is 0.166 e. The lowest BCUT2D eigenvalue weighted by molar-refractivity contribution is 0.0986. The Balaban J connectivity index is 2.11. The van der Waals surface area contributed by atoms with Crippen molar-refractivity contribution in [2.24, 2.45) is 0 Å². The van der Waals surface area contributed by atoms with Crippen LogP contribution in [0.25, 0.3) is 10.9 Å². The second-order valence-corrected chi connectivity index (χ2v) is 6.80. The number of ether oxygens (including phenoxy) is 3. The summed E-state index contributed by atoms with van der Waals surface area (Å²) < 4.78 is 17.8. The molecule has 2 aromatic carbocycles.